The molecular weight excluding hydrogens is 1230 g/mol. The van der Waals surface area contributed by atoms with Gasteiger partial charge in [-0.3, -0.25) is 0 Å². The maximum atomic E-state index is 14.4. The van der Waals surface area contributed by atoms with E-state index in [0.29, 0.717) is 11.1 Å². The Bertz CT molecular complexity index is 3530. The van der Waals surface area contributed by atoms with E-state index >= 15 is 0 Å². The summed E-state index contributed by atoms with van der Waals surface area (Å²) in [6.45, 7) is 10.1. The Hall–Kier alpha value is -7.62. The number of alkyl carbamates (subject to hydrolysis) is 3. The molecule has 7 aromatic carbocycles. The lowest BCUT2D eigenvalue weighted by molar-refractivity contribution is -0.357. The fraction of sp³-hybridized carbons (Fsp3) is 0.384. The monoisotopic (exact) mass is 1310 g/mol. The van der Waals surface area contributed by atoms with E-state index in [4.69, 9.17) is 47.1 Å². The Kier molecular flexibility index (Phi) is 20.3. The Morgan fingerprint density at radius 1 is 0.585 bits per heavy atom. The molecule has 4 saturated heterocycles. The van der Waals surface area contributed by atoms with Gasteiger partial charge in [-0.25, -0.2) is 14.4 Å². The first kappa shape index (κ1) is 66.4. The van der Waals surface area contributed by atoms with E-state index in [1.165, 1.54) is 0 Å². The van der Waals surface area contributed by atoms with Gasteiger partial charge in [-0.15, -0.1) is 0 Å². The Labute approximate surface area is 550 Å². The number of hydrogen-bond acceptors (Lipinski definition) is 16. The van der Waals surface area contributed by atoms with Crippen molar-refractivity contribution in [3.05, 3.63) is 229 Å². The zero-order valence-electron chi connectivity index (χ0n) is 53.3. The van der Waals surface area contributed by atoms with Crippen LogP contribution in [0.1, 0.15) is 70.4 Å². The summed E-state index contributed by atoms with van der Waals surface area (Å²) in [5.41, 5.74) is 2.12. The van der Waals surface area contributed by atoms with Crippen molar-refractivity contribution in [1.29, 1.82) is 0 Å². The maximum absolute atomic E-state index is 14.4. The molecule has 1 saturated carbocycles. The Balaban J connectivity index is 0.937. The smallest absolute Gasteiger partial charge is 0.407 e. The molecule has 0 bridgehead atoms. The molecule has 1 aliphatic carbocycles. The van der Waals surface area contributed by atoms with Crippen molar-refractivity contribution < 1.29 is 76.5 Å². The summed E-state index contributed by atoms with van der Waals surface area (Å²) in [5.74, 6) is -0.945. The molecular formula is C73H83N3O16Si2. The van der Waals surface area contributed by atoms with Crippen molar-refractivity contribution in [2.75, 3.05) is 13.2 Å². The highest BCUT2D eigenvalue weighted by Gasteiger charge is 2.61. The molecule has 3 amide bonds. The predicted octanol–water partition coefficient (Wildman–Crippen LogP) is 7.63. The van der Waals surface area contributed by atoms with Crippen LogP contribution in [0.25, 0.3) is 0 Å². The average Bonchev–Trinajstić information content (AvgIpc) is 1.17. The second kappa shape index (κ2) is 28.8. The molecule has 4 aliphatic heterocycles. The largest absolute Gasteiger partial charge is 0.445 e. The quantitative estimate of drug-likeness (QED) is 0.0299. The molecule has 19 nitrogen and oxygen atoms in total. The zero-order valence-corrected chi connectivity index (χ0v) is 55.3. The number of nitrogens with one attached hydrogen (secondary N) is 3. The summed E-state index contributed by atoms with van der Waals surface area (Å²) in [6.07, 6.45) is -16.2. The summed E-state index contributed by atoms with van der Waals surface area (Å²) < 4.78 is 66.7. The number of aliphatic hydroxyl groups is 2. The van der Waals surface area contributed by atoms with Gasteiger partial charge >= 0.3 is 18.3 Å². The normalized spacial score (nSPS) is 27.8. The highest BCUT2D eigenvalue weighted by atomic mass is 28.4. The molecule has 0 aromatic heterocycles. The molecule has 1 unspecified atom stereocenters. The van der Waals surface area contributed by atoms with Gasteiger partial charge in [0.1, 0.15) is 55.9 Å². The number of carbonyl (C=O) groups excluding carboxylic acids is 3. The Morgan fingerprint density at radius 2 is 1.07 bits per heavy atom. The summed E-state index contributed by atoms with van der Waals surface area (Å²) in [6, 6.07) is 63.6. The zero-order chi connectivity index (χ0) is 65.6. The van der Waals surface area contributed by atoms with Crippen molar-refractivity contribution in [3.63, 3.8) is 0 Å². The molecule has 5 fully saturated rings. The number of benzene rings is 7. The van der Waals surface area contributed by atoms with E-state index in [-0.39, 0.29) is 39.3 Å². The minimum Gasteiger partial charge on any atom is -0.445 e. The van der Waals surface area contributed by atoms with Crippen molar-refractivity contribution in [2.45, 2.75) is 157 Å². The van der Waals surface area contributed by atoms with Crippen LogP contribution in [0.5, 0.6) is 0 Å². The number of rotatable bonds is 21. The topological polar surface area (TPSA) is 240 Å². The highest BCUT2D eigenvalue weighted by Crippen LogP contribution is 2.48. The highest BCUT2D eigenvalue weighted by molar-refractivity contribution is 6.99. The van der Waals surface area contributed by atoms with Gasteiger partial charge in [-0.2, -0.15) is 0 Å². The van der Waals surface area contributed by atoms with Gasteiger partial charge in [0.15, 0.2) is 25.0 Å². The van der Waals surface area contributed by atoms with Gasteiger partial charge in [0.05, 0.1) is 31.4 Å². The molecule has 6 N–H and O–H groups in total. The molecule has 12 rings (SSSR count). The molecule has 15 atom stereocenters. The standard InChI is InChI=1S/C73H83N3O16Si2/c1-72(2,3)94(52-37-23-11-24-38-52,53-39-25-12-26-40-53)86-46-57-60(77)54(42-73(4,5)93(82,50-33-19-9-20-34-50)51-35-21-10-22-36-51)67(87-57)91-65-62(55(41-56-63(65)92-71(81)75-56)74-69(79)84-43-47-27-13-6-14-28-47)89-68-59(76-70(80)85-44-48-29-15-7-16-30-48)61(78)64-58(88-68)45-83-66(90-64)49-31-17-8-18-32-49/h6-40,54-68,77-78,82H,41-46H2,1-5H3,(H,74,79)(H,75,81)(H,76,80)/t54-,55+,56-,57-,58-,59-,60+,61-,62-,63+,64-,65+,66?,67+,68-/m1/s1. The average molecular weight is 1310 g/mol. The SMILES string of the molecule is CC(C)(C[C@H]1[C@H](O[C@@H]2[C@H]3OC(=O)N[C@@H]3C[C@H](NC(=O)OCc3ccccc3)[C@H]2O[C@H]2O[C@@H]3COC(c4ccccc4)O[C@H]3[C@H](O)[C@H]2NC(=O)OCc2ccccc2)O[C@H](CO[Si](c2ccccc2)(c2ccccc2)C(C)(C)C)[C@H]1O)[Si](O)(c1ccccc1)c1ccccc1. The van der Waals surface area contributed by atoms with Gasteiger partial charge in [0, 0.05) is 11.5 Å². The number of hydrogen-bond donors (Lipinski definition) is 6. The third-order valence-electron chi connectivity index (χ3n) is 19.0. The van der Waals surface area contributed by atoms with E-state index < -0.39 is 137 Å². The second-order valence-corrected chi connectivity index (χ2v) is 34.7. The lowest BCUT2D eigenvalue weighted by atomic mass is 9.83. The predicted molar refractivity (Wildman–Crippen MR) is 354 cm³/mol. The van der Waals surface area contributed by atoms with Crippen LogP contribution in [0.3, 0.4) is 0 Å². The molecule has 0 spiro atoms. The van der Waals surface area contributed by atoms with Crippen molar-refractivity contribution in [2.24, 2.45) is 5.92 Å². The fourth-order valence-electron chi connectivity index (χ4n) is 14.3. The van der Waals surface area contributed by atoms with E-state index in [2.05, 4.69) is 61.0 Å². The fourth-order valence-corrected chi connectivity index (χ4v) is 22.7. The molecule has 7 aromatic rings. The number of fused-ring (bicyclic) bond motifs is 2. The Morgan fingerprint density at radius 3 is 1.61 bits per heavy atom. The third-order valence-corrected chi connectivity index (χ3v) is 28.5. The number of amides is 3. The van der Waals surface area contributed by atoms with E-state index in [1.54, 1.807) is 12.1 Å². The molecule has 494 valence electrons. The molecule has 4 heterocycles. The summed E-state index contributed by atoms with van der Waals surface area (Å²) in [4.78, 5) is 56.0. The summed E-state index contributed by atoms with van der Waals surface area (Å²) >= 11 is 0. The van der Waals surface area contributed by atoms with Gasteiger partial charge in [0.25, 0.3) is 16.6 Å². The minimum absolute atomic E-state index is 0.00275. The molecule has 5 aliphatic rings. The second-order valence-electron chi connectivity index (χ2n) is 26.5. The van der Waals surface area contributed by atoms with Crippen molar-refractivity contribution in [1.82, 2.24) is 16.0 Å². The first-order valence-corrected chi connectivity index (χ1v) is 36.1. The lowest BCUT2D eigenvalue weighted by Crippen LogP contribution is -2.70. The first-order valence-electron chi connectivity index (χ1n) is 32.2. The lowest BCUT2D eigenvalue weighted by Gasteiger charge is -2.50. The van der Waals surface area contributed by atoms with Crippen LogP contribution < -0.4 is 36.7 Å². The van der Waals surface area contributed by atoms with Gasteiger partial charge in [-0.05, 0) is 54.8 Å². The third kappa shape index (κ3) is 14.0. The van der Waals surface area contributed by atoms with E-state index in [9.17, 15) is 29.4 Å². The molecule has 94 heavy (non-hydrogen) atoms. The molecule has 21 heteroatoms. The van der Waals surface area contributed by atoms with Gasteiger partial charge < -0.3 is 78.0 Å². The van der Waals surface area contributed by atoms with Crippen molar-refractivity contribution >= 4 is 55.7 Å². The van der Waals surface area contributed by atoms with Crippen LogP contribution in [0.2, 0.25) is 10.1 Å². The van der Waals surface area contributed by atoms with Crippen LogP contribution in [0, 0.1) is 5.92 Å². The number of ether oxygens (including phenoxy) is 9. The maximum Gasteiger partial charge on any atom is 0.407 e. The molecule has 0 radical (unpaired) electrons. The first-order chi connectivity index (χ1) is 45.4. The van der Waals surface area contributed by atoms with E-state index in [1.807, 2.05) is 190 Å². The van der Waals surface area contributed by atoms with Gasteiger partial charge in [0.2, 0.25) is 0 Å². The summed E-state index contributed by atoms with van der Waals surface area (Å²) in [7, 11) is -7.12. The minimum atomic E-state index is -3.84. The number of carbonyl (C=O) groups is 3. The van der Waals surface area contributed by atoms with Gasteiger partial charge in [-0.1, -0.05) is 247 Å². The summed E-state index contributed by atoms with van der Waals surface area (Å²) in [5, 5.41) is 36.9. The van der Waals surface area contributed by atoms with Crippen LogP contribution in [-0.2, 0) is 60.3 Å². The number of aliphatic hydroxyl groups excluding tert-OH is 2. The van der Waals surface area contributed by atoms with Crippen LogP contribution in [0.15, 0.2) is 212 Å². The van der Waals surface area contributed by atoms with Crippen molar-refractivity contribution in [3.8, 4) is 0 Å². The van der Waals surface area contributed by atoms with E-state index in [0.717, 1.165) is 26.3 Å². The van der Waals surface area contributed by atoms with Crippen LogP contribution >= 0.6 is 0 Å². The van der Waals surface area contributed by atoms with Crippen LogP contribution in [0.4, 0.5) is 14.4 Å². The van der Waals surface area contributed by atoms with Crippen LogP contribution in [-0.4, -0.2) is 143 Å².